The van der Waals surface area contributed by atoms with Gasteiger partial charge in [-0.15, -0.1) is 0 Å². The first kappa shape index (κ1) is 20.7. The quantitative estimate of drug-likeness (QED) is 0.475. The fraction of sp³-hybridized carbons (Fsp3) is 0.0417. The number of hydrogen-bond acceptors (Lipinski definition) is 3. The van der Waals surface area contributed by atoms with E-state index in [0.29, 0.717) is 6.26 Å². The molecule has 0 saturated carbocycles. The van der Waals surface area contributed by atoms with Crippen molar-refractivity contribution in [3.8, 4) is 0 Å². The van der Waals surface area contributed by atoms with Crippen LogP contribution >= 0.6 is 0 Å². The predicted molar refractivity (Wildman–Crippen MR) is 119 cm³/mol. The Bertz CT molecular complexity index is 1410. The third-order valence-electron chi connectivity index (χ3n) is 4.85. The molecule has 1 aliphatic rings. The van der Waals surface area contributed by atoms with Crippen LogP contribution in [0.1, 0.15) is 16.7 Å². The molecule has 0 fully saturated rings. The second-order valence-corrected chi connectivity index (χ2v) is 8.49. The highest BCUT2D eigenvalue weighted by atomic mass is 32.2. The molecule has 0 saturated heterocycles. The molecule has 0 radical (unpaired) electrons. The summed E-state index contributed by atoms with van der Waals surface area (Å²) in [4.78, 5) is 6.71. The molecule has 0 atom stereocenters. The van der Waals surface area contributed by atoms with Crippen molar-refractivity contribution in [2.75, 3.05) is 6.26 Å². The average molecular weight is 434 g/mol. The molecule has 1 aliphatic heterocycles. The lowest BCUT2D eigenvalue weighted by molar-refractivity contribution is -0.342. The number of nitrogens with one attached hydrogen (secondary N) is 2. The molecule has 5 rings (SSSR count). The molecule has 4 aromatic rings. The summed E-state index contributed by atoms with van der Waals surface area (Å²) < 4.78 is 40.7. The molecular weight excluding hydrogens is 415 g/mol. The highest BCUT2D eigenvalue weighted by Crippen LogP contribution is 2.37. The molecule has 0 spiro atoms. The van der Waals surface area contributed by atoms with E-state index in [1.807, 2.05) is 48.8 Å². The summed E-state index contributed by atoms with van der Waals surface area (Å²) in [5, 5.41) is 1.15. The molecule has 0 unspecified atom stereocenters. The monoisotopic (exact) mass is 434 g/mol. The Balaban J connectivity index is 0.000000418. The molecule has 7 heteroatoms. The second kappa shape index (κ2) is 8.29. The fourth-order valence-corrected chi connectivity index (χ4v) is 3.63. The van der Waals surface area contributed by atoms with Crippen LogP contribution in [0.3, 0.4) is 0 Å². The number of hydrogen-bond donors (Lipinski definition) is 2. The first-order valence-corrected chi connectivity index (χ1v) is 11.3. The van der Waals surface area contributed by atoms with Crippen molar-refractivity contribution >= 4 is 44.1 Å². The number of rotatable bonds is 2. The maximum absolute atomic E-state index is 13.5. The maximum atomic E-state index is 13.5. The van der Waals surface area contributed by atoms with E-state index in [2.05, 4.69) is 34.2 Å². The lowest BCUT2D eigenvalue weighted by Gasteiger charge is -2.10. The van der Waals surface area contributed by atoms with Gasteiger partial charge in [0.1, 0.15) is 5.82 Å². The summed E-state index contributed by atoms with van der Waals surface area (Å²) in [5.41, 5.74) is 7.61. The van der Waals surface area contributed by atoms with E-state index in [1.165, 1.54) is 12.1 Å². The van der Waals surface area contributed by atoms with Gasteiger partial charge in [0.05, 0.1) is 21.3 Å². The largest absolute Gasteiger partial charge is 0.748 e. The number of H-pyrrole nitrogens is 1. The van der Waals surface area contributed by atoms with Crippen molar-refractivity contribution < 1.29 is 22.4 Å². The summed E-state index contributed by atoms with van der Waals surface area (Å²) in [6.07, 6.45) is 4.67. The van der Waals surface area contributed by atoms with E-state index >= 15 is 0 Å². The molecule has 0 bridgehead atoms. The van der Waals surface area contributed by atoms with Gasteiger partial charge in [0, 0.05) is 40.6 Å². The highest BCUT2D eigenvalue weighted by Gasteiger charge is 2.24. The third kappa shape index (κ3) is 4.63. The van der Waals surface area contributed by atoms with Gasteiger partial charge < -0.3 is 9.54 Å². The molecule has 0 aliphatic carbocycles. The van der Waals surface area contributed by atoms with Gasteiger partial charge in [0.25, 0.3) is 0 Å². The zero-order chi connectivity index (χ0) is 22.0. The molecule has 2 heterocycles. The van der Waals surface area contributed by atoms with Crippen LogP contribution in [-0.2, 0) is 10.1 Å². The number of fused-ring (bicyclic) bond motifs is 2. The van der Waals surface area contributed by atoms with Gasteiger partial charge in [0.15, 0.2) is 6.21 Å². The summed E-state index contributed by atoms with van der Waals surface area (Å²) in [6.45, 7) is 0. The lowest BCUT2D eigenvalue weighted by atomic mass is 9.90. The average Bonchev–Trinajstić information content (AvgIpc) is 3.34. The van der Waals surface area contributed by atoms with Crippen molar-refractivity contribution in [2.24, 2.45) is 0 Å². The standard InChI is InChI=1S/C23H15FN2.CH4O3S/c24-16-11-9-15(10-12-16)23(19-13-25-21-7-3-1-5-17(19)21)20-14-26-22-8-4-2-6-18(20)22;1-5(2,3)4/h1-14,25H;1H3,(H,2,3,4). The van der Waals surface area contributed by atoms with Crippen molar-refractivity contribution in [3.05, 3.63) is 102 Å². The summed E-state index contributed by atoms with van der Waals surface area (Å²) in [7, 11) is -3.92. The Kier molecular flexibility index (Phi) is 5.54. The molecule has 2 N–H and O–H groups in total. The molecule has 5 nitrogen and oxygen atoms in total. The summed E-state index contributed by atoms with van der Waals surface area (Å²) >= 11 is 0. The van der Waals surface area contributed by atoms with E-state index in [-0.39, 0.29) is 5.82 Å². The minimum atomic E-state index is -3.92. The highest BCUT2D eigenvalue weighted by molar-refractivity contribution is 7.84. The topological polar surface area (TPSA) is 87.0 Å². The Morgan fingerprint density at radius 1 is 0.968 bits per heavy atom. The van der Waals surface area contributed by atoms with E-state index < -0.39 is 10.1 Å². The van der Waals surface area contributed by atoms with E-state index in [4.69, 9.17) is 13.0 Å². The van der Waals surface area contributed by atoms with Gasteiger partial charge in [-0.2, -0.15) is 0 Å². The summed E-state index contributed by atoms with van der Waals surface area (Å²) in [5.74, 6) is -0.231. The Morgan fingerprint density at radius 2 is 1.61 bits per heavy atom. The number of para-hydroxylation sites is 2. The molecule has 3 aromatic carbocycles. The zero-order valence-corrected chi connectivity index (χ0v) is 17.4. The van der Waals surface area contributed by atoms with Gasteiger partial charge in [-0.25, -0.2) is 17.8 Å². The van der Waals surface area contributed by atoms with Gasteiger partial charge in [-0.1, -0.05) is 42.5 Å². The smallest absolute Gasteiger partial charge is 0.211 e. The third-order valence-corrected chi connectivity index (χ3v) is 4.85. The molecule has 31 heavy (non-hydrogen) atoms. The minimum absolute atomic E-state index is 0.231. The number of aromatic nitrogens is 1. The van der Waals surface area contributed by atoms with Crippen molar-refractivity contribution in [1.29, 1.82) is 0 Å². The van der Waals surface area contributed by atoms with Crippen LogP contribution in [0.25, 0.3) is 22.0 Å². The van der Waals surface area contributed by atoms with Gasteiger partial charge >= 0.3 is 0 Å². The molecular formula is C24H19FN2O3S. The van der Waals surface area contributed by atoms with Gasteiger partial charge in [0.2, 0.25) is 5.69 Å². The minimum Gasteiger partial charge on any atom is -0.748 e. The lowest BCUT2D eigenvalue weighted by Crippen LogP contribution is -2.58. The molecule has 156 valence electrons. The van der Waals surface area contributed by atoms with Crippen molar-refractivity contribution in [1.82, 2.24) is 4.98 Å². The van der Waals surface area contributed by atoms with Crippen LogP contribution < -0.4 is 4.99 Å². The summed E-state index contributed by atoms with van der Waals surface area (Å²) in [6, 6.07) is 23.2. The fourth-order valence-electron chi connectivity index (χ4n) is 3.63. The predicted octanol–water partition coefficient (Wildman–Crippen LogP) is 3.22. The number of aromatic amines is 1. The van der Waals surface area contributed by atoms with Crippen molar-refractivity contribution in [2.45, 2.75) is 0 Å². The van der Waals surface area contributed by atoms with Crippen LogP contribution in [0.15, 0.2) is 79.0 Å². The zero-order valence-electron chi connectivity index (χ0n) is 16.6. The number of allylic oxidation sites excluding steroid dienone is 1. The normalized spacial score (nSPS) is 14.2. The van der Waals surface area contributed by atoms with Crippen LogP contribution in [-0.4, -0.2) is 30.4 Å². The molecule has 1 aromatic heterocycles. The Hall–Kier alpha value is -3.55. The van der Waals surface area contributed by atoms with Crippen LogP contribution in [0, 0.1) is 5.82 Å². The van der Waals surface area contributed by atoms with Crippen LogP contribution in [0.4, 0.5) is 10.1 Å². The number of halogens is 1. The van der Waals surface area contributed by atoms with E-state index in [0.717, 1.165) is 44.4 Å². The van der Waals surface area contributed by atoms with E-state index in [9.17, 15) is 4.39 Å². The first-order chi connectivity index (χ1) is 14.8. The Labute approximate surface area is 179 Å². The molecule has 0 amide bonds. The van der Waals surface area contributed by atoms with E-state index in [1.54, 1.807) is 0 Å². The Morgan fingerprint density at radius 3 is 2.35 bits per heavy atom. The second-order valence-electron chi connectivity index (χ2n) is 7.08. The number of benzene rings is 3. The van der Waals surface area contributed by atoms with Crippen LogP contribution in [0.5, 0.6) is 0 Å². The van der Waals surface area contributed by atoms with Gasteiger partial charge in [-0.3, -0.25) is 0 Å². The first-order valence-electron chi connectivity index (χ1n) is 9.48. The van der Waals surface area contributed by atoms with Crippen LogP contribution in [0.2, 0.25) is 0 Å². The maximum Gasteiger partial charge on any atom is 0.211 e. The van der Waals surface area contributed by atoms with Crippen molar-refractivity contribution in [3.63, 3.8) is 0 Å². The SMILES string of the molecule is CS(=O)(=O)[O-].Fc1ccc(C(=C2C=[NH+]c3ccccc32)c2c[nH]c3ccccc23)cc1. The van der Waals surface area contributed by atoms with Gasteiger partial charge in [-0.05, 0) is 29.8 Å².